The van der Waals surface area contributed by atoms with Crippen LogP contribution in [0.15, 0.2) is 55.9 Å². The molecule has 0 amide bonds. The molecule has 37 heavy (non-hydrogen) atoms. The molecule has 2 aromatic carbocycles. The van der Waals surface area contributed by atoms with Crippen molar-refractivity contribution in [3.63, 3.8) is 0 Å². The smallest absolute Gasteiger partial charge is 0.338 e. The maximum absolute atomic E-state index is 13.9. The Kier molecular flexibility index (Phi) is 8.82. The van der Waals surface area contributed by atoms with Crippen LogP contribution in [0.3, 0.4) is 0 Å². The van der Waals surface area contributed by atoms with Gasteiger partial charge in [-0.15, -0.1) is 0 Å². The standard InChI is InChI=1S/C26H23BrClIN2O5S/c1-4-6-18-21(25(34)36-5-2)22(15-12-14(28)7-8-19(15)35-3)31-24(33)20(37-26(31)30-18)11-13-9-16(27)23(32)17(29)10-13/h7-12,22,32H,4-6H2,1-3H3/b20-11+/t22-/m1/s1. The van der Waals surface area contributed by atoms with Gasteiger partial charge in [0.25, 0.3) is 5.56 Å². The number of benzene rings is 2. The highest BCUT2D eigenvalue weighted by atomic mass is 127. The van der Waals surface area contributed by atoms with E-state index in [1.807, 2.05) is 29.5 Å². The number of thiazole rings is 1. The second-order valence-corrected chi connectivity index (χ2v) is 11.6. The zero-order chi connectivity index (χ0) is 26.9. The van der Waals surface area contributed by atoms with E-state index in [9.17, 15) is 14.7 Å². The number of aromatic hydroxyl groups is 1. The number of nitrogens with zero attached hydrogens (tertiary/aromatic N) is 2. The predicted molar refractivity (Wildman–Crippen MR) is 156 cm³/mol. The van der Waals surface area contributed by atoms with E-state index in [1.165, 1.54) is 23.0 Å². The molecule has 1 aliphatic heterocycles. The third-order valence-corrected chi connectivity index (χ3v) is 8.36. The van der Waals surface area contributed by atoms with Crippen molar-refractivity contribution in [1.82, 2.24) is 4.57 Å². The molecule has 0 aliphatic carbocycles. The largest absolute Gasteiger partial charge is 0.506 e. The van der Waals surface area contributed by atoms with Crippen molar-refractivity contribution in [3.05, 3.63) is 85.5 Å². The Morgan fingerprint density at radius 2 is 2.08 bits per heavy atom. The molecule has 0 unspecified atom stereocenters. The molecule has 1 atom stereocenters. The molecule has 0 fully saturated rings. The third kappa shape index (κ3) is 5.52. The summed E-state index contributed by atoms with van der Waals surface area (Å²) < 4.78 is 14.2. The Bertz CT molecular complexity index is 1570. The zero-order valence-corrected chi connectivity index (χ0v) is 25.5. The van der Waals surface area contributed by atoms with Crippen molar-refractivity contribution >= 4 is 73.5 Å². The zero-order valence-electron chi connectivity index (χ0n) is 20.2. The van der Waals surface area contributed by atoms with Crippen molar-refractivity contribution in [2.75, 3.05) is 13.7 Å². The molecule has 11 heteroatoms. The first kappa shape index (κ1) is 27.9. The summed E-state index contributed by atoms with van der Waals surface area (Å²) in [5.74, 6) is 0.0871. The van der Waals surface area contributed by atoms with Gasteiger partial charge in [0, 0.05) is 10.6 Å². The number of fused-ring (bicyclic) bond motifs is 1. The average Bonchev–Trinajstić information content (AvgIpc) is 3.16. The number of phenols is 1. The predicted octanol–water partition coefficient (Wildman–Crippen LogP) is 5.31. The molecule has 1 N–H and O–H groups in total. The summed E-state index contributed by atoms with van der Waals surface area (Å²) in [6.45, 7) is 3.92. The number of rotatable bonds is 7. The molecule has 4 rings (SSSR count). The van der Waals surface area contributed by atoms with Gasteiger partial charge in [0.2, 0.25) is 0 Å². The Hall–Kier alpha value is -2.15. The van der Waals surface area contributed by atoms with Crippen LogP contribution in [0.4, 0.5) is 0 Å². The molecule has 0 radical (unpaired) electrons. The highest BCUT2D eigenvalue weighted by molar-refractivity contribution is 14.1. The van der Waals surface area contributed by atoms with Gasteiger partial charge in [-0.3, -0.25) is 9.36 Å². The Morgan fingerprint density at radius 3 is 2.73 bits per heavy atom. The van der Waals surface area contributed by atoms with Crippen LogP contribution in [0.5, 0.6) is 11.5 Å². The minimum absolute atomic E-state index is 0.135. The van der Waals surface area contributed by atoms with Gasteiger partial charge in [0.05, 0.1) is 37.6 Å². The molecule has 3 aromatic rings. The third-order valence-electron chi connectivity index (χ3n) is 5.72. The van der Waals surface area contributed by atoms with Gasteiger partial charge in [-0.1, -0.05) is 36.3 Å². The number of hydrogen-bond acceptors (Lipinski definition) is 7. The van der Waals surface area contributed by atoms with Crippen LogP contribution in [0.2, 0.25) is 5.02 Å². The fourth-order valence-corrected chi connectivity index (χ4v) is 6.85. The Labute approximate surface area is 244 Å². The van der Waals surface area contributed by atoms with Gasteiger partial charge in [0.1, 0.15) is 17.5 Å². The quantitative estimate of drug-likeness (QED) is 0.265. The fourth-order valence-electron chi connectivity index (χ4n) is 4.15. The lowest BCUT2D eigenvalue weighted by atomic mass is 9.93. The summed E-state index contributed by atoms with van der Waals surface area (Å²) in [5, 5.41) is 10.5. The first-order valence-electron chi connectivity index (χ1n) is 11.4. The number of phenolic OH excluding ortho intramolecular Hbond substituents is 1. The second kappa shape index (κ2) is 11.7. The summed E-state index contributed by atoms with van der Waals surface area (Å²) in [6, 6.07) is 7.79. The summed E-state index contributed by atoms with van der Waals surface area (Å²) in [5.41, 5.74) is 1.85. The van der Waals surface area contributed by atoms with Gasteiger partial charge in [-0.25, -0.2) is 9.79 Å². The number of esters is 1. The van der Waals surface area contributed by atoms with Crippen LogP contribution in [-0.2, 0) is 9.53 Å². The van der Waals surface area contributed by atoms with Crippen LogP contribution in [0.25, 0.3) is 6.08 Å². The lowest BCUT2D eigenvalue weighted by molar-refractivity contribution is -0.139. The Morgan fingerprint density at radius 1 is 1.32 bits per heavy atom. The van der Waals surface area contributed by atoms with Gasteiger partial charge >= 0.3 is 5.97 Å². The highest BCUT2D eigenvalue weighted by Gasteiger charge is 2.36. The van der Waals surface area contributed by atoms with Crippen LogP contribution < -0.4 is 19.6 Å². The van der Waals surface area contributed by atoms with Crippen LogP contribution in [0.1, 0.15) is 43.9 Å². The normalized spacial score (nSPS) is 15.4. The number of carbonyl (C=O) groups excluding carboxylic acids is 1. The summed E-state index contributed by atoms with van der Waals surface area (Å²) >= 11 is 13.0. The van der Waals surface area contributed by atoms with Crippen molar-refractivity contribution in [2.24, 2.45) is 4.99 Å². The van der Waals surface area contributed by atoms with E-state index in [2.05, 4.69) is 15.9 Å². The van der Waals surface area contributed by atoms with Crippen molar-refractivity contribution in [1.29, 1.82) is 0 Å². The van der Waals surface area contributed by atoms with Crippen LogP contribution >= 0.6 is 61.5 Å². The number of aromatic nitrogens is 1. The number of carbonyl (C=O) groups is 1. The van der Waals surface area contributed by atoms with Gasteiger partial charge in [0.15, 0.2) is 4.80 Å². The lowest BCUT2D eigenvalue weighted by Crippen LogP contribution is -2.40. The maximum Gasteiger partial charge on any atom is 0.338 e. The molecule has 1 aromatic heterocycles. The molecule has 0 bridgehead atoms. The molecule has 7 nitrogen and oxygen atoms in total. The molecule has 0 spiro atoms. The molecular weight excluding hydrogens is 695 g/mol. The summed E-state index contributed by atoms with van der Waals surface area (Å²) in [6.07, 6.45) is 3.02. The summed E-state index contributed by atoms with van der Waals surface area (Å²) in [4.78, 5) is 32.4. The van der Waals surface area contributed by atoms with E-state index in [4.69, 9.17) is 26.1 Å². The van der Waals surface area contributed by atoms with Gasteiger partial charge in [-0.05, 0) is 93.8 Å². The van der Waals surface area contributed by atoms with Gasteiger partial charge < -0.3 is 14.6 Å². The number of halogens is 3. The molecule has 0 saturated carbocycles. The van der Waals surface area contributed by atoms with E-state index in [0.29, 0.717) is 51.4 Å². The minimum atomic E-state index is -0.834. The van der Waals surface area contributed by atoms with E-state index in [0.717, 1.165) is 12.0 Å². The van der Waals surface area contributed by atoms with Crippen molar-refractivity contribution < 1.29 is 19.4 Å². The van der Waals surface area contributed by atoms with Crippen LogP contribution in [-0.4, -0.2) is 29.4 Å². The highest BCUT2D eigenvalue weighted by Crippen LogP contribution is 2.38. The number of ether oxygens (including phenoxy) is 2. The molecular formula is C26H23BrClIN2O5S. The fraction of sp³-hybridized carbons (Fsp3) is 0.269. The molecule has 194 valence electrons. The maximum atomic E-state index is 13.9. The van der Waals surface area contributed by atoms with Crippen LogP contribution in [0, 0.1) is 3.57 Å². The van der Waals surface area contributed by atoms with E-state index >= 15 is 0 Å². The SMILES string of the molecule is CCCC1=C(C(=O)OCC)[C@@H](c2cc(Cl)ccc2OC)n2c(s/c(=C/c3cc(Br)c(O)c(I)c3)c2=O)=N1. The van der Waals surface area contributed by atoms with E-state index < -0.39 is 12.0 Å². The molecule has 0 saturated heterocycles. The first-order chi connectivity index (χ1) is 17.7. The van der Waals surface area contributed by atoms with E-state index in [1.54, 1.807) is 43.3 Å². The Balaban J connectivity index is 2.05. The lowest BCUT2D eigenvalue weighted by Gasteiger charge is -2.27. The van der Waals surface area contributed by atoms with Crippen molar-refractivity contribution in [3.8, 4) is 11.5 Å². The minimum Gasteiger partial charge on any atom is -0.506 e. The second-order valence-electron chi connectivity index (χ2n) is 8.13. The van der Waals surface area contributed by atoms with E-state index in [-0.39, 0.29) is 17.9 Å². The number of methoxy groups -OCH3 is 1. The first-order valence-corrected chi connectivity index (χ1v) is 14.5. The number of allylic oxidation sites excluding steroid dienone is 1. The molecule has 1 aliphatic rings. The summed E-state index contributed by atoms with van der Waals surface area (Å²) in [7, 11) is 1.53. The molecule has 2 heterocycles. The monoisotopic (exact) mass is 716 g/mol. The number of hydrogen-bond donors (Lipinski definition) is 1. The van der Waals surface area contributed by atoms with Gasteiger partial charge in [-0.2, -0.15) is 0 Å². The topological polar surface area (TPSA) is 90.1 Å². The van der Waals surface area contributed by atoms with Crippen molar-refractivity contribution in [2.45, 2.75) is 32.7 Å². The average molecular weight is 718 g/mol.